The normalized spacial score (nSPS) is 17.8. The lowest BCUT2D eigenvalue weighted by atomic mass is 10.0. The minimum atomic E-state index is -0.0673. The van der Waals surface area contributed by atoms with Crippen LogP contribution in [0.15, 0.2) is 4.52 Å². The first-order valence-electron chi connectivity index (χ1n) is 8.39. The van der Waals surface area contributed by atoms with Crippen LogP contribution in [0.2, 0.25) is 5.22 Å². The number of carbonyl (C=O) groups is 2. The quantitative estimate of drug-likeness (QED) is 0.769. The summed E-state index contributed by atoms with van der Waals surface area (Å²) in [6.45, 7) is 3.36. The smallest absolute Gasteiger partial charge is 0.229 e. The summed E-state index contributed by atoms with van der Waals surface area (Å²) < 4.78 is 4.91. The zero-order valence-corrected chi connectivity index (χ0v) is 14.8. The zero-order valence-electron chi connectivity index (χ0n) is 14.0. The maximum absolute atomic E-state index is 12.6. The van der Waals surface area contributed by atoms with Gasteiger partial charge in [0.05, 0.1) is 5.69 Å². The van der Waals surface area contributed by atoms with Crippen molar-refractivity contribution in [2.45, 2.75) is 51.5 Å². The third-order valence-electron chi connectivity index (χ3n) is 4.38. The average Bonchev–Trinajstić information content (AvgIpc) is 2.89. The number of nitrogens with two attached hydrogens (primary N) is 1. The van der Waals surface area contributed by atoms with Gasteiger partial charge >= 0.3 is 0 Å². The molecular weight excluding hydrogens is 332 g/mol. The fourth-order valence-electron chi connectivity index (χ4n) is 3.01. The van der Waals surface area contributed by atoms with Crippen LogP contribution >= 0.6 is 11.6 Å². The van der Waals surface area contributed by atoms with Crippen molar-refractivity contribution in [1.29, 1.82) is 0 Å². The van der Waals surface area contributed by atoms with E-state index in [9.17, 15) is 9.59 Å². The molecule has 0 bridgehead atoms. The number of nitrogens with zero attached hydrogens (tertiary/aromatic N) is 2. The Hall–Kier alpha value is -1.60. The molecule has 1 aromatic rings. The molecule has 1 fully saturated rings. The molecule has 1 aliphatic heterocycles. The number of hydrogen-bond donors (Lipinski definition) is 2. The lowest BCUT2D eigenvalue weighted by Crippen LogP contribution is -2.49. The number of likely N-dealkylation sites (tertiary alicyclic amines) is 1. The van der Waals surface area contributed by atoms with Gasteiger partial charge in [0.2, 0.25) is 17.0 Å². The van der Waals surface area contributed by atoms with Crippen LogP contribution in [-0.2, 0) is 16.0 Å². The summed E-state index contributed by atoms with van der Waals surface area (Å²) in [7, 11) is 0. The molecule has 3 N–H and O–H groups in total. The monoisotopic (exact) mass is 356 g/mol. The summed E-state index contributed by atoms with van der Waals surface area (Å²) in [6, 6.07) is 0.0482. The molecule has 0 saturated carbocycles. The third-order valence-corrected chi connectivity index (χ3v) is 4.68. The number of aryl methyl sites for hydroxylation is 1. The van der Waals surface area contributed by atoms with E-state index in [-0.39, 0.29) is 23.1 Å². The molecule has 1 unspecified atom stereocenters. The van der Waals surface area contributed by atoms with Crippen LogP contribution < -0.4 is 11.1 Å². The van der Waals surface area contributed by atoms with E-state index < -0.39 is 0 Å². The lowest BCUT2D eigenvalue weighted by Gasteiger charge is -2.36. The molecule has 2 amide bonds. The van der Waals surface area contributed by atoms with Gasteiger partial charge in [0.15, 0.2) is 0 Å². The predicted molar refractivity (Wildman–Crippen MR) is 90.6 cm³/mol. The molecule has 0 spiro atoms. The molecule has 0 aliphatic carbocycles. The maximum atomic E-state index is 12.6. The molecule has 24 heavy (non-hydrogen) atoms. The molecular formula is C16H25ClN4O3. The highest BCUT2D eigenvalue weighted by molar-refractivity contribution is 6.29. The van der Waals surface area contributed by atoms with Crippen LogP contribution in [-0.4, -0.2) is 47.5 Å². The number of aromatic nitrogens is 1. The lowest BCUT2D eigenvalue weighted by molar-refractivity contribution is -0.135. The fraction of sp³-hybridized carbons (Fsp3) is 0.688. The van der Waals surface area contributed by atoms with Crippen LogP contribution in [0.4, 0.5) is 0 Å². The van der Waals surface area contributed by atoms with Gasteiger partial charge in [0.25, 0.3) is 0 Å². The molecule has 1 aliphatic rings. The second-order valence-electron chi connectivity index (χ2n) is 6.10. The number of amides is 2. The Bertz CT molecular complexity index is 556. The molecule has 134 valence electrons. The van der Waals surface area contributed by atoms with Crippen molar-refractivity contribution in [1.82, 2.24) is 15.4 Å². The largest absolute Gasteiger partial charge is 0.354 e. The third kappa shape index (κ3) is 4.95. The first-order chi connectivity index (χ1) is 11.5. The highest BCUT2D eigenvalue weighted by Crippen LogP contribution is 2.22. The van der Waals surface area contributed by atoms with Gasteiger partial charge in [-0.25, -0.2) is 0 Å². The summed E-state index contributed by atoms with van der Waals surface area (Å²) in [5.41, 5.74) is 6.88. The van der Waals surface area contributed by atoms with Gasteiger partial charge in [-0.05, 0) is 44.2 Å². The van der Waals surface area contributed by atoms with Gasteiger partial charge in [-0.3, -0.25) is 9.59 Å². The van der Waals surface area contributed by atoms with E-state index in [0.29, 0.717) is 32.4 Å². The van der Waals surface area contributed by atoms with Crippen LogP contribution in [0.1, 0.15) is 43.4 Å². The Kier molecular flexibility index (Phi) is 7.05. The Balaban J connectivity index is 1.89. The first kappa shape index (κ1) is 18.7. The number of piperidine rings is 1. The van der Waals surface area contributed by atoms with E-state index in [1.54, 1.807) is 0 Å². The molecule has 2 rings (SSSR count). The predicted octanol–water partition coefficient (Wildman–Crippen LogP) is 1.42. The number of hydrogen-bond acceptors (Lipinski definition) is 5. The summed E-state index contributed by atoms with van der Waals surface area (Å²) in [6.07, 6.45) is 4.14. The highest BCUT2D eigenvalue weighted by Gasteiger charge is 2.27. The van der Waals surface area contributed by atoms with Gasteiger partial charge < -0.3 is 20.5 Å². The van der Waals surface area contributed by atoms with Crippen molar-refractivity contribution >= 4 is 23.4 Å². The second-order valence-corrected chi connectivity index (χ2v) is 6.44. The number of carbonyl (C=O) groups excluding carboxylic acids is 2. The fourth-order valence-corrected chi connectivity index (χ4v) is 3.27. The van der Waals surface area contributed by atoms with Crippen LogP contribution in [0.25, 0.3) is 0 Å². The summed E-state index contributed by atoms with van der Waals surface area (Å²) in [5, 5.41) is 6.92. The SMILES string of the molecule is Cc1noc(Cl)c1CCC(=O)N1CCCCC1CNC(=O)CCN. The van der Waals surface area contributed by atoms with E-state index in [0.717, 1.165) is 37.1 Å². The topological polar surface area (TPSA) is 101 Å². The molecule has 1 atom stereocenters. The van der Waals surface area contributed by atoms with E-state index in [1.165, 1.54) is 0 Å². The molecule has 2 heterocycles. The van der Waals surface area contributed by atoms with Gasteiger partial charge in [0, 0.05) is 44.1 Å². The zero-order chi connectivity index (χ0) is 17.5. The molecule has 1 saturated heterocycles. The average molecular weight is 357 g/mol. The van der Waals surface area contributed by atoms with E-state index in [4.69, 9.17) is 21.9 Å². The molecule has 0 aromatic carbocycles. The van der Waals surface area contributed by atoms with Gasteiger partial charge in [-0.1, -0.05) is 5.16 Å². The summed E-state index contributed by atoms with van der Waals surface area (Å²) >= 11 is 5.95. The first-order valence-corrected chi connectivity index (χ1v) is 8.77. The molecule has 1 aromatic heterocycles. The van der Waals surface area contributed by atoms with Crippen LogP contribution in [0.3, 0.4) is 0 Å². The van der Waals surface area contributed by atoms with E-state index in [2.05, 4.69) is 10.5 Å². The van der Waals surface area contributed by atoms with Crippen molar-refractivity contribution in [3.05, 3.63) is 16.5 Å². The minimum absolute atomic E-state index is 0.0482. The van der Waals surface area contributed by atoms with Gasteiger partial charge in [-0.15, -0.1) is 0 Å². The minimum Gasteiger partial charge on any atom is -0.354 e. The molecule has 0 radical (unpaired) electrons. The maximum Gasteiger partial charge on any atom is 0.229 e. The summed E-state index contributed by atoms with van der Waals surface area (Å²) in [4.78, 5) is 26.1. The van der Waals surface area contributed by atoms with E-state index in [1.807, 2.05) is 11.8 Å². The van der Waals surface area contributed by atoms with Crippen molar-refractivity contribution in [3.63, 3.8) is 0 Å². The van der Waals surface area contributed by atoms with Crippen LogP contribution in [0, 0.1) is 6.92 Å². The van der Waals surface area contributed by atoms with Gasteiger partial charge in [-0.2, -0.15) is 0 Å². The second kappa shape index (κ2) is 9.03. The van der Waals surface area contributed by atoms with Crippen LogP contribution in [0.5, 0.6) is 0 Å². The molecule has 7 nitrogen and oxygen atoms in total. The van der Waals surface area contributed by atoms with Crippen molar-refractivity contribution in [3.8, 4) is 0 Å². The number of nitrogens with one attached hydrogen (secondary N) is 1. The molecule has 8 heteroatoms. The Morgan fingerprint density at radius 1 is 1.42 bits per heavy atom. The van der Waals surface area contributed by atoms with Crippen molar-refractivity contribution in [2.75, 3.05) is 19.6 Å². The van der Waals surface area contributed by atoms with E-state index >= 15 is 0 Å². The Labute approximate surface area is 146 Å². The standard InChI is InChI=1S/C16H25ClN4O3/c1-11-13(16(17)24-20-11)5-6-15(23)21-9-3-2-4-12(21)10-19-14(22)7-8-18/h12H,2-10,18H2,1H3,(H,19,22). The summed E-state index contributed by atoms with van der Waals surface area (Å²) in [5.74, 6) is 0.00629. The Morgan fingerprint density at radius 2 is 2.21 bits per heavy atom. The Morgan fingerprint density at radius 3 is 2.88 bits per heavy atom. The highest BCUT2D eigenvalue weighted by atomic mass is 35.5. The number of rotatable bonds is 7. The van der Waals surface area contributed by atoms with Crippen molar-refractivity contribution < 1.29 is 14.1 Å². The van der Waals surface area contributed by atoms with Gasteiger partial charge in [0.1, 0.15) is 0 Å². The number of halogens is 1. The van der Waals surface area contributed by atoms with Crippen molar-refractivity contribution in [2.24, 2.45) is 5.73 Å².